The van der Waals surface area contributed by atoms with E-state index in [9.17, 15) is 13.2 Å². The third-order valence-corrected chi connectivity index (χ3v) is 3.71. The van der Waals surface area contributed by atoms with Crippen molar-refractivity contribution in [3.63, 3.8) is 0 Å². The van der Waals surface area contributed by atoms with Crippen molar-refractivity contribution in [2.45, 2.75) is 51.6 Å². The predicted molar refractivity (Wildman–Crippen MR) is 65.6 cm³/mol. The fourth-order valence-electron chi connectivity index (χ4n) is 2.68. The van der Waals surface area contributed by atoms with E-state index in [4.69, 9.17) is 4.74 Å². The molecule has 0 unspecified atom stereocenters. The molecule has 2 nitrogen and oxygen atoms in total. The Morgan fingerprint density at radius 1 is 1.17 bits per heavy atom. The van der Waals surface area contributed by atoms with Crippen LogP contribution >= 0.6 is 0 Å². The third kappa shape index (κ3) is 6.05. The molecule has 0 aromatic carbocycles. The molecule has 108 valence electrons. The molecule has 1 rings (SSSR count). The van der Waals surface area contributed by atoms with Crippen LogP contribution in [0.2, 0.25) is 0 Å². The quantitative estimate of drug-likeness (QED) is 0.713. The van der Waals surface area contributed by atoms with Crippen molar-refractivity contribution in [3.8, 4) is 0 Å². The summed E-state index contributed by atoms with van der Waals surface area (Å²) in [5.41, 5.74) is 0.153. The van der Waals surface area contributed by atoms with Gasteiger partial charge in [0.15, 0.2) is 0 Å². The van der Waals surface area contributed by atoms with Crippen LogP contribution in [-0.4, -0.2) is 32.5 Å². The highest BCUT2D eigenvalue weighted by Crippen LogP contribution is 2.38. The van der Waals surface area contributed by atoms with E-state index in [1.807, 2.05) is 0 Å². The van der Waals surface area contributed by atoms with Gasteiger partial charge in [0.25, 0.3) is 0 Å². The molecule has 1 aliphatic carbocycles. The Kier molecular flexibility index (Phi) is 6.43. The van der Waals surface area contributed by atoms with Crippen LogP contribution in [0.4, 0.5) is 13.2 Å². The van der Waals surface area contributed by atoms with Gasteiger partial charge in [-0.15, -0.1) is 0 Å². The molecule has 0 radical (unpaired) electrons. The topological polar surface area (TPSA) is 21.3 Å². The lowest BCUT2D eigenvalue weighted by atomic mass is 9.72. The van der Waals surface area contributed by atoms with E-state index in [0.717, 1.165) is 32.4 Å². The first-order valence-electron chi connectivity index (χ1n) is 6.83. The Morgan fingerprint density at radius 2 is 1.83 bits per heavy atom. The second kappa shape index (κ2) is 7.34. The Hall–Kier alpha value is -0.290. The molecule has 0 heterocycles. The number of ether oxygens (including phenoxy) is 1. The number of alkyl halides is 3. The van der Waals surface area contributed by atoms with Crippen molar-refractivity contribution < 1.29 is 17.9 Å². The van der Waals surface area contributed by atoms with Crippen molar-refractivity contribution in [1.82, 2.24) is 5.32 Å². The van der Waals surface area contributed by atoms with Gasteiger partial charge in [-0.05, 0) is 31.2 Å². The lowest BCUT2D eigenvalue weighted by Gasteiger charge is -2.37. The zero-order valence-electron chi connectivity index (χ0n) is 11.1. The van der Waals surface area contributed by atoms with Crippen LogP contribution < -0.4 is 5.32 Å². The van der Waals surface area contributed by atoms with Gasteiger partial charge in [-0.2, -0.15) is 13.2 Å². The highest BCUT2D eigenvalue weighted by atomic mass is 19.4. The van der Waals surface area contributed by atoms with Crippen molar-refractivity contribution in [2.24, 2.45) is 5.41 Å². The zero-order chi connectivity index (χ0) is 13.5. The Labute approximate surface area is 107 Å². The van der Waals surface area contributed by atoms with Crippen LogP contribution in [0.5, 0.6) is 0 Å². The molecule has 0 aromatic rings. The summed E-state index contributed by atoms with van der Waals surface area (Å²) in [5, 5.41) is 3.34. The normalized spacial score (nSPS) is 20.0. The smallest absolute Gasteiger partial charge is 0.372 e. The van der Waals surface area contributed by atoms with E-state index in [1.165, 1.54) is 19.3 Å². The SMILES string of the molecule is CCNCC1(CCOCC(F)(F)F)CCCCC1. The Bertz CT molecular complexity index is 225. The van der Waals surface area contributed by atoms with Crippen molar-refractivity contribution in [1.29, 1.82) is 0 Å². The maximum atomic E-state index is 12.0. The molecule has 0 aromatic heterocycles. The van der Waals surface area contributed by atoms with Crippen LogP contribution in [0.3, 0.4) is 0 Å². The summed E-state index contributed by atoms with van der Waals surface area (Å²) in [5.74, 6) is 0. The summed E-state index contributed by atoms with van der Waals surface area (Å²) >= 11 is 0. The van der Waals surface area contributed by atoms with Crippen LogP contribution in [-0.2, 0) is 4.74 Å². The molecule has 1 aliphatic rings. The molecule has 18 heavy (non-hydrogen) atoms. The largest absolute Gasteiger partial charge is 0.411 e. The summed E-state index contributed by atoms with van der Waals surface area (Å²) in [6.07, 6.45) is 2.36. The minimum atomic E-state index is -4.21. The van der Waals surface area contributed by atoms with Crippen molar-refractivity contribution in [2.75, 3.05) is 26.3 Å². The lowest BCUT2D eigenvalue weighted by Crippen LogP contribution is -2.37. The highest BCUT2D eigenvalue weighted by molar-refractivity contribution is 4.84. The third-order valence-electron chi connectivity index (χ3n) is 3.71. The minimum Gasteiger partial charge on any atom is -0.372 e. The zero-order valence-corrected chi connectivity index (χ0v) is 11.1. The van der Waals surface area contributed by atoms with E-state index in [-0.39, 0.29) is 12.0 Å². The van der Waals surface area contributed by atoms with Crippen molar-refractivity contribution >= 4 is 0 Å². The molecule has 1 fully saturated rings. The first kappa shape index (κ1) is 15.8. The summed E-state index contributed by atoms with van der Waals surface area (Å²) in [6.45, 7) is 2.95. The first-order chi connectivity index (χ1) is 8.47. The highest BCUT2D eigenvalue weighted by Gasteiger charge is 2.32. The Morgan fingerprint density at radius 3 is 2.39 bits per heavy atom. The monoisotopic (exact) mass is 267 g/mol. The van der Waals surface area contributed by atoms with Gasteiger partial charge < -0.3 is 10.1 Å². The minimum absolute atomic E-state index is 0.153. The molecule has 0 spiro atoms. The van der Waals surface area contributed by atoms with Gasteiger partial charge in [0.1, 0.15) is 6.61 Å². The van der Waals surface area contributed by atoms with E-state index in [2.05, 4.69) is 12.2 Å². The summed E-state index contributed by atoms with van der Waals surface area (Å²) in [4.78, 5) is 0. The first-order valence-corrected chi connectivity index (χ1v) is 6.83. The molecule has 1 saturated carbocycles. The maximum Gasteiger partial charge on any atom is 0.411 e. The van der Waals surface area contributed by atoms with E-state index < -0.39 is 12.8 Å². The van der Waals surface area contributed by atoms with Crippen LogP contribution in [0, 0.1) is 5.41 Å². The van der Waals surface area contributed by atoms with Crippen molar-refractivity contribution in [3.05, 3.63) is 0 Å². The molecule has 0 bridgehead atoms. The molecular weight excluding hydrogens is 243 g/mol. The molecule has 0 saturated heterocycles. The van der Waals surface area contributed by atoms with Gasteiger partial charge in [-0.1, -0.05) is 26.2 Å². The number of rotatable bonds is 7. The average molecular weight is 267 g/mol. The lowest BCUT2D eigenvalue weighted by molar-refractivity contribution is -0.175. The van der Waals surface area contributed by atoms with Gasteiger partial charge in [-0.3, -0.25) is 0 Å². The number of halogens is 3. The van der Waals surface area contributed by atoms with Gasteiger partial charge in [0.05, 0.1) is 0 Å². The molecule has 0 amide bonds. The summed E-state index contributed by atoms with van der Waals surface area (Å²) < 4.78 is 40.7. The predicted octanol–water partition coefficient (Wildman–Crippen LogP) is 3.52. The fourth-order valence-corrected chi connectivity index (χ4v) is 2.68. The van der Waals surface area contributed by atoms with E-state index in [1.54, 1.807) is 0 Å². The van der Waals surface area contributed by atoms with Gasteiger partial charge in [0, 0.05) is 13.2 Å². The van der Waals surface area contributed by atoms with E-state index in [0.29, 0.717) is 0 Å². The molecule has 0 aliphatic heterocycles. The number of nitrogens with one attached hydrogen (secondary N) is 1. The molecule has 0 atom stereocenters. The number of hydrogen-bond donors (Lipinski definition) is 1. The summed E-state index contributed by atoms with van der Waals surface area (Å²) in [7, 11) is 0. The van der Waals surface area contributed by atoms with Crippen LogP contribution in [0.25, 0.3) is 0 Å². The van der Waals surface area contributed by atoms with Gasteiger partial charge >= 0.3 is 6.18 Å². The second-order valence-electron chi connectivity index (χ2n) is 5.26. The average Bonchev–Trinajstić information content (AvgIpc) is 2.33. The maximum absolute atomic E-state index is 12.0. The van der Waals surface area contributed by atoms with E-state index >= 15 is 0 Å². The van der Waals surface area contributed by atoms with Crippen LogP contribution in [0.15, 0.2) is 0 Å². The molecular formula is C13H24F3NO. The van der Waals surface area contributed by atoms with Crippen LogP contribution in [0.1, 0.15) is 45.4 Å². The Balaban J connectivity index is 2.32. The summed E-state index contributed by atoms with van der Waals surface area (Å²) in [6, 6.07) is 0. The van der Waals surface area contributed by atoms with Gasteiger partial charge in [0.2, 0.25) is 0 Å². The fraction of sp³-hybridized carbons (Fsp3) is 1.00. The molecule has 5 heteroatoms. The van der Waals surface area contributed by atoms with Gasteiger partial charge in [-0.25, -0.2) is 0 Å². The molecule has 1 N–H and O–H groups in total. The second-order valence-corrected chi connectivity index (χ2v) is 5.26. The standard InChI is InChI=1S/C13H24F3NO/c1-2-17-10-12(6-4-3-5-7-12)8-9-18-11-13(14,15)16/h17H,2-11H2,1H3. The number of hydrogen-bond acceptors (Lipinski definition) is 2.